The highest BCUT2D eigenvalue weighted by Gasteiger charge is 2.24. The highest BCUT2D eigenvalue weighted by Crippen LogP contribution is 2.33. The van der Waals surface area contributed by atoms with Gasteiger partial charge >= 0.3 is 0 Å². The first-order chi connectivity index (χ1) is 8.88. The van der Waals surface area contributed by atoms with Gasteiger partial charge in [0.1, 0.15) is 5.75 Å². The Morgan fingerprint density at radius 2 is 2.06 bits per heavy atom. The Morgan fingerprint density at radius 3 is 2.72 bits per heavy atom. The van der Waals surface area contributed by atoms with Crippen molar-refractivity contribution in [3.63, 3.8) is 0 Å². The van der Waals surface area contributed by atoms with Crippen molar-refractivity contribution in [1.29, 1.82) is 0 Å². The van der Waals surface area contributed by atoms with Crippen molar-refractivity contribution in [1.82, 2.24) is 5.32 Å². The zero-order valence-corrected chi connectivity index (χ0v) is 11.4. The number of hydrogen-bond acceptors (Lipinski definition) is 2. The maximum atomic E-state index is 5.67. The predicted octanol–water partition coefficient (Wildman–Crippen LogP) is 3.62. The zero-order chi connectivity index (χ0) is 12.6. The standard InChI is InChI=1S/C16H25NO/c1-2-15(13-14-9-10-14)17-11-6-12-18-16-7-4-3-5-8-16/h3-5,7-8,14-15,17H,2,6,9-13H2,1H3. The predicted molar refractivity (Wildman–Crippen MR) is 76.0 cm³/mol. The number of rotatable bonds is 9. The van der Waals surface area contributed by atoms with E-state index in [0.29, 0.717) is 6.04 Å². The number of para-hydroxylation sites is 1. The Hall–Kier alpha value is -1.02. The van der Waals surface area contributed by atoms with E-state index in [9.17, 15) is 0 Å². The van der Waals surface area contributed by atoms with Gasteiger partial charge in [-0.25, -0.2) is 0 Å². The lowest BCUT2D eigenvalue weighted by Gasteiger charge is -2.16. The van der Waals surface area contributed by atoms with Gasteiger partial charge in [-0.15, -0.1) is 0 Å². The fourth-order valence-electron chi connectivity index (χ4n) is 2.24. The van der Waals surface area contributed by atoms with Crippen LogP contribution >= 0.6 is 0 Å². The van der Waals surface area contributed by atoms with Crippen LogP contribution < -0.4 is 10.1 Å². The van der Waals surface area contributed by atoms with Crippen LogP contribution in [0.1, 0.15) is 39.0 Å². The van der Waals surface area contributed by atoms with Crippen molar-refractivity contribution < 1.29 is 4.74 Å². The third-order valence-corrected chi connectivity index (χ3v) is 3.57. The summed E-state index contributed by atoms with van der Waals surface area (Å²) in [6.07, 6.45) is 6.60. The molecule has 0 heterocycles. The minimum absolute atomic E-state index is 0.717. The third-order valence-electron chi connectivity index (χ3n) is 3.57. The van der Waals surface area contributed by atoms with Crippen molar-refractivity contribution >= 4 is 0 Å². The van der Waals surface area contributed by atoms with Crippen molar-refractivity contribution in [2.45, 2.75) is 45.1 Å². The number of benzene rings is 1. The first-order valence-corrected chi connectivity index (χ1v) is 7.29. The fraction of sp³-hybridized carbons (Fsp3) is 0.625. The first kappa shape index (κ1) is 13.4. The zero-order valence-electron chi connectivity index (χ0n) is 11.4. The molecule has 0 aliphatic heterocycles. The average molecular weight is 247 g/mol. The molecular weight excluding hydrogens is 222 g/mol. The molecular formula is C16H25NO. The van der Waals surface area contributed by atoms with Gasteiger partial charge in [0.25, 0.3) is 0 Å². The van der Waals surface area contributed by atoms with Crippen LogP contribution in [0.15, 0.2) is 30.3 Å². The molecule has 1 unspecified atom stereocenters. The first-order valence-electron chi connectivity index (χ1n) is 7.29. The molecule has 0 bridgehead atoms. The third kappa shape index (κ3) is 5.09. The van der Waals surface area contributed by atoms with E-state index in [0.717, 1.165) is 31.2 Å². The Labute approximate surface area is 111 Å². The Kier molecular flexibility index (Phi) is 5.53. The molecule has 2 heteroatoms. The van der Waals surface area contributed by atoms with Crippen LogP contribution in [0.25, 0.3) is 0 Å². The summed E-state index contributed by atoms with van der Waals surface area (Å²) in [5.74, 6) is 1.99. The van der Waals surface area contributed by atoms with E-state index < -0.39 is 0 Å². The molecule has 1 N–H and O–H groups in total. The van der Waals surface area contributed by atoms with E-state index >= 15 is 0 Å². The molecule has 1 saturated carbocycles. The maximum absolute atomic E-state index is 5.67. The molecule has 1 aromatic rings. The number of nitrogens with one attached hydrogen (secondary N) is 1. The summed E-state index contributed by atoms with van der Waals surface area (Å²) in [5.41, 5.74) is 0. The van der Waals surface area contributed by atoms with Crippen LogP contribution in [-0.4, -0.2) is 19.2 Å². The average Bonchev–Trinajstić information content (AvgIpc) is 3.22. The molecule has 1 aliphatic rings. The van der Waals surface area contributed by atoms with Crippen molar-refractivity contribution in [3.8, 4) is 5.75 Å². The molecule has 100 valence electrons. The topological polar surface area (TPSA) is 21.3 Å². The van der Waals surface area contributed by atoms with E-state index in [1.165, 1.54) is 25.7 Å². The van der Waals surface area contributed by atoms with Gasteiger partial charge in [-0.05, 0) is 43.9 Å². The molecule has 0 saturated heterocycles. The van der Waals surface area contributed by atoms with E-state index in [2.05, 4.69) is 12.2 Å². The monoisotopic (exact) mass is 247 g/mol. The number of hydrogen-bond donors (Lipinski definition) is 1. The molecule has 2 nitrogen and oxygen atoms in total. The summed E-state index contributed by atoms with van der Waals surface area (Å²) >= 11 is 0. The van der Waals surface area contributed by atoms with Gasteiger partial charge in [-0.2, -0.15) is 0 Å². The van der Waals surface area contributed by atoms with Crippen LogP contribution in [0.4, 0.5) is 0 Å². The number of ether oxygens (including phenoxy) is 1. The van der Waals surface area contributed by atoms with Crippen LogP contribution in [0, 0.1) is 5.92 Å². The van der Waals surface area contributed by atoms with Gasteiger partial charge in [0.2, 0.25) is 0 Å². The summed E-state index contributed by atoms with van der Waals surface area (Å²) in [5, 5.41) is 3.65. The molecule has 1 aliphatic carbocycles. The van der Waals surface area contributed by atoms with E-state index in [1.54, 1.807) is 0 Å². The van der Waals surface area contributed by atoms with Gasteiger partial charge in [-0.1, -0.05) is 38.0 Å². The largest absolute Gasteiger partial charge is 0.494 e. The Balaban J connectivity index is 1.52. The van der Waals surface area contributed by atoms with E-state index in [4.69, 9.17) is 4.74 Å². The molecule has 18 heavy (non-hydrogen) atoms. The summed E-state index contributed by atoms with van der Waals surface area (Å²) in [6.45, 7) is 4.15. The molecule has 0 amide bonds. The van der Waals surface area contributed by atoms with Crippen molar-refractivity contribution in [2.75, 3.05) is 13.2 Å². The normalized spacial score (nSPS) is 16.5. The molecule has 0 radical (unpaired) electrons. The van der Waals surface area contributed by atoms with Gasteiger partial charge in [0.05, 0.1) is 6.61 Å². The summed E-state index contributed by atoms with van der Waals surface area (Å²) in [7, 11) is 0. The van der Waals surface area contributed by atoms with Gasteiger partial charge < -0.3 is 10.1 Å². The van der Waals surface area contributed by atoms with Crippen LogP contribution in [-0.2, 0) is 0 Å². The SMILES string of the molecule is CCC(CC1CC1)NCCCOc1ccccc1. The fourth-order valence-corrected chi connectivity index (χ4v) is 2.24. The molecule has 1 atom stereocenters. The van der Waals surface area contributed by atoms with Gasteiger partial charge in [0.15, 0.2) is 0 Å². The van der Waals surface area contributed by atoms with Crippen molar-refractivity contribution in [2.24, 2.45) is 5.92 Å². The maximum Gasteiger partial charge on any atom is 0.119 e. The molecule has 1 fully saturated rings. The summed E-state index contributed by atoms with van der Waals surface area (Å²) in [4.78, 5) is 0. The lowest BCUT2D eigenvalue weighted by Crippen LogP contribution is -2.30. The second kappa shape index (κ2) is 7.42. The minimum atomic E-state index is 0.717. The smallest absolute Gasteiger partial charge is 0.119 e. The lowest BCUT2D eigenvalue weighted by atomic mass is 10.1. The summed E-state index contributed by atoms with van der Waals surface area (Å²) in [6, 6.07) is 10.8. The van der Waals surface area contributed by atoms with E-state index in [1.807, 2.05) is 30.3 Å². The van der Waals surface area contributed by atoms with Crippen LogP contribution in [0.5, 0.6) is 5.75 Å². The van der Waals surface area contributed by atoms with Crippen molar-refractivity contribution in [3.05, 3.63) is 30.3 Å². The van der Waals surface area contributed by atoms with Crippen LogP contribution in [0.2, 0.25) is 0 Å². The van der Waals surface area contributed by atoms with Crippen LogP contribution in [0.3, 0.4) is 0 Å². The molecule has 0 spiro atoms. The molecule has 0 aromatic heterocycles. The minimum Gasteiger partial charge on any atom is -0.494 e. The second-order valence-electron chi connectivity index (χ2n) is 5.25. The Morgan fingerprint density at radius 1 is 1.28 bits per heavy atom. The highest BCUT2D eigenvalue weighted by atomic mass is 16.5. The molecule has 2 rings (SSSR count). The lowest BCUT2D eigenvalue weighted by molar-refractivity contribution is 0.302. The Bertz CT molecular complexity index is 321. The highest BCUT2D eigenvalue weighted by molar-refractivity contribution is 5.20. The van der Waals surface area contributed by atoms with E-state index in [-0.39, 0.29) is 0 Å². The quantitative estimate of drug-likeness (QED) is 0.673. The second-order valence-corrected chi connectivity index (χ2v) is 5.25. The van der Waals surface area contributed by atoms with Gasteiger partial charge in [-0.3, -0.25) is 0 Å². The summed E-state index contributed by atoms with van der Waals surface area (Å²) < 4.78 is 5.67. The molecule has 1 aromatic carbocycles. The van der Waals surface area contributed by atoms with Gasteiger partial charge in [0, 0.05) is 6.04 Å².